The van der Waals surface area contributed by atoms with Crippen LogP contribution in [0.15, 0.2) is 273 Å². The Morgan fingerprint density at radius 1 is 0.271 bits per heavy atom. The van der Waals surface area contributed by atoms with Gasteiger partial charge in [-0.25, -0.2) is 0 Å². The third kappa shape index (κ3) is 5.84. The van der Waals surface area contributed by atoms with Gasteiger partial charge < -0.3 is 4.90 Å². The quantitative estimate of drug-likeness (QED) is 0.147. The van der Waals surface area contributed by atoms with Crippen LogP contribution in [0.5, 0.6) is 0 Å². The second-order valence-electron chi connectivity index (χ2n) is 18.7. The third-order valence-corrected chi connectivity index (χ3v) is 16.4. The standard InChI is InChI=1S/C68H45NS/c1-6-22-46(23-7-1)58-44-59-54-33-17-20-36-61(54)68(49-28-12-4-13-29-49,50-30-14-5-15-31-50)63(59)45-64(58)69(52-39-41-57-56-34-18-21-37-65(56)70-66(57)43-52)51-38-40-55-53-32-16-19-35-60(53)67(62(55)42-51,47-24-8-2-9-25-47)48-26-10-3-11-27-48/h1-45H. The fraction of sp³-hybridized carbons (Fsp3) is 0.0294. The Bertz CT molecular complexity index is 3850. The first-order valence-corrected chi connectivity index (χ1v) is 25.1. The molecule has 0 radical (unpaired) electrons. The summed E-state index contributed by atoms with van der Waals surface area (Å²) < 4.78 is 2.56. The van der Waals surface area contributed by atoms with Crippen molar-refractivity contribution in [3.63, 3.8) is 0 Å². The number of benzene rings is 11. The molecule has 1 nitrogen and oxygen atoms in total. The zero-order valence-corrected chi connectivity index (χ0v) is 39.2. The molecule has 12 aromatic rings. The Balaban J connectivity index is 1.12. The van der Waals surface area contributed by atoms with E-state index in [1.165, 1.54) is 98.1 Å². The summed E-state index contributed by atoms with van der Waals surface area (Å²) in [6.45, 7) is 0. The zero-order chi connectivity index (χ0) is 46.2. The molecule has 0 atom stereocenters. The lowest BCUT2D eigenvalue weighted by Gasteiger charge is -2.36. The van der Waals surface area contributed by atoms with Gasteiger partial charge in [0.05, 0.1) is 16.5 Å². The summed E-state index contributed by atoms with van der Waals surface area (Å²) in [7, 11) is 0. The fourth-order valence-corrected chi connectivity index (χ4v) is 13.5. The van der Waals surface area contributed by atoms with Crippen molar-refractivity contribution in [2.24, 2.45) is 0 Å². The highest BCUT2D eigenvalue weighted by Crippen LogP contribution is 2.61. The van der Waals surface area contributed by atoms with Crippen LogP contribution in [0.4, 0.5) is 17.1 Å². The molecule has 0 N–H and O–H groups in total. The van der Waals surface area contributed by atoms with Gasteiger partial charge in [0.1, 0.15) is 0 Å². The topological polar surface area (TPSA) is 3.24 Å². The first kappa shape index (κ1) is 40.5. The average Bonchev–Trinajstić information content (AvgIpc) is 4.06. The minimum atomic E-state index is -0.588. The molecule has 0 amide bonds. The first-order valence-electron chi connectivity index (χ1n) is 24.2. The van der Waals surface area contributed by atoms with Crippen LogP contribution in [0.25, 0.3) is 53.6 Å². The van der Waals surface area contributed by atoms with Gasteiger partial charge in [0.25, 0.3) is 0 Å². The number of thiophene rings is 1. The number of nitrogens with zero attached hydrogens (tertiary/aromatic N) is 1. The number of hydrogen-bond acceptors (Lipinski definition) is 2. The van der Waals surface area contributed by atoms with Crippen molar-refractivity contribution in [1.82, 2.24) is 0 Å². The van der Waals surface area contributed by atoms with Crippen molar-refractivity contribution >= 4 is 48.6 Å². The van der Waals surface area contributed by atoms with Gasteiger partial charge in [-0.05, 0) is 115 Å². The van der Waals surface area contributed by atoms with Crippen LogP contribution in [-0.2, 0) is 10.8 Å². The molecule has 14 rings (SSSR count). The van der Waals surface area contributed by atoms with E-state index in [0.717, 1.165) is 17.1 Å². The second kappa shape index (κ2) is 16.0. The van der Waals surface area contributed by atoms with E-state index in [4.69, 9.17) is 0 Å². The summed E-state index contributed by atoms with van der Waals surface area (Å²) in [5, 5.41) is 2.57. The van der Waals surface area contributed by atoms with E-state index in [1.54, 1.807) is 0 Å². The van der Waals surface area contributed by atoms with E-state index in [2.05, 4.69) is 278 Å². The van der Waals surface area contributed by atoms with Crippen molar-refractivity contribution in [1.29, 1.82) is 0 Å². The van der Waals surface area contributed by atoms with Crippen LogP contribution >= 0.6 is 11.3 Å². The molecule has 1 aromatic heterocycles. The summed E-state index contributed by atoms with van der Waals surface area (Å²) in [6, 6.07) is 102. The van der Waals surface area contributed by atoms with Gasteiger partial charge in [0, 0.05) is 37.1 Å². The predicted octanol–water partition coefficient (Wildman–Crippen LogP) is 17.9. The molecule has 0 saturated carbocycles. The summed E-state index contributed by atoms with van der Waals surface area (Å²) >= 11 is 1.87. The maximum absolute atomic E-state index is 2.57. The number of anilines is 3. The van der Waals surface area contributed by atoms with E-state index >= 15 is 0 Å². The van der Waals surface area contributed by atoms with E-state index in [-0.39, 0.29) is 0 Å². The Labute approximate surface area is 412 Å². The lowest BCUT2D eigenvalue weighted by molar-refractivity contribution is 0.767. The van der Waals surface area contributed by atoms with Crippen LogP contribution in [0.3, 0.4) is 0 Å². The van der Waals surface area contributed by atoms with Crippen molar-refractivity contribution in [2.45, 2.75) is 10.8 Å². The molecule has 0 saturated heterocycles. The minimum absolute atomic E-state index is 0.566. The van der Waals surface area contributed by atoms with Gasteiger partial charge in [0.15, 0.2) is 0 Å². The molecular formula is C68H45NS. The van der Waals surface area contributed by atoms with Gasteiger partial charge in [0.2, 0.25) is 0 Å². The van der Waals surface area contributed by atoms with E-state index < -0.39 is 10.8 Å². The summed E-state index contributed by atoms with van der Waals surface area (Å²) in [6.07, 6.45) is 0. The van der Waals surface area contributed by atoms with Gasteiger partial charge in [-0.15, -0.1) is 11.3 Å². The Kier molecular flexibility index (Phi) is 9.27. The lowest BCUT2D eigenvalue weighted by atomic mass is 9.67. The molecule has 11 aromatic carbocycles. The van der Waals surface area contributed by atoms with E-state index in [0.29, 0.717) is 0 Å². The molecular weight excluding hydrogens is 863 g/mol. The highest BCUT2D eigenvalue weighted by atomic mass is 32.1. The van der Waals surface area contributed by atoms with Gasteiger partial charge in [-0.1, -0.05) is 231 Å². The highest BCUT2D eigenvalue weighted by molar-refractivity contribution is 7.25. The molecule has 0 spiro atoms. The van der Waals surface area contributed by atoms with Crippen LogP contribution in [0.2, 0.25) is 0 Å². The third-order valence-electron chi connectivity index (χ3n) is 15.2. The van der Waals surface area contributed by atoms with Crippen molar-refractivity contribution in [2.75, 3.05) is 4.90 Å². The fourth-order valence-electron chi connectivity index (χ4n) is 12.4. The van der Waals surface area contributed by atoms with Crippen molar-refractivity contribution in [3.05, 3.63) is 317 Å². The molecule has 0 aliphatic heterocycles. The number of hydrogen-bond donors (Lipinski definition) is 0. The molecule has 328 valence electrons. The molecule has 70 heavy (non-hydrogen) atoms. The van der Waals surface area contributed by atoms with Crippen LogP contribution in [0.1, 0.15) is 44.5 Å². The molecule has 2 aliphatic rings. The van der Waals surface area contributed by atoms with Crippen LogP contribution in [0, 0.1) is 0 Å². The van der Waals surface area contributed by atoms with Crippen LogP contribution < -0.4 is 4.90 Å². The van der Waals surface area contributed by atoms with Crippen molar-refractivity contribution in [3.8, 4) is 33.4 Å². The molecule has 0 bridgehead atoms. The Morgan fingerprint density at radius 2 is 0.700 bits per heavy atom. The van der Waals surface area contributed by atoms with Gasteiger partial charge >= 0.3 is 0 Å². The molecule has 1 heterocycles. The second-order valence-corrected chi connectivity index (χ2v) is 19.8. The molecule has 2 aliphatic carbocycles. The Hall–Kier alpha value is -8.56. The van der Waals surface area contributed by atoms with E-state index in [1.807, 2.05) is 11.3 Å². The maximum Gasteiger partial charge on any atom is 0.0714 e. The average molecular weight is 908 g/mol. The molecule has 0 unspecified atom stereocenters. The number of rotatable bonds is 8. The smallest absolute Gasteiger partial charge is 0.0714 e. The summed E-state index contributed by atoms with van der Waals surface area (Å²) in [5.74, 6) is 0. The molecule has 2 heteroatoms. The van der Waals surface area contributed by atoms with Gasteiger partial charge in [-0.2, -0.15) is 0 Å². The largest absolute Gasteiger partial charge is 0.310 e. The minimum Gasteiger partial charge on any atom is -0.310 e. The Morgan fingerprint density at radius 3 is 1.29 bits per heavy atom. The van der Waals surface area contributed by atoms with Crippen LogP contribution in [-0.4, -0.2) is 0 Å². The van der Waals surface area contributed by atoms with Gasteiger partial charge in [-0.3, -0.25) is 0 Å². The van der Waals surface area contributed by atoms with Crippen molar-refractivity contribution < 1.29 is 0 Å². The highest BCUT2D eigenvalue weighted by Gasteiger charge is 2.48. The SMILES string of the molecule is c1ccc(-c2cc3c(cc2N(c2ccc4c(c2)C(c2ccccc2)(c2ccccc2)c2ccccc2-4)c2ccc4c(c2)sc2ccccc24)C(c2ccccc2)(c2ccccc2)c2ccccc2-3)cc1. The first-order chi connectivity index (χ1) is 34.7. The molecule has 0 fully saturated rings. The normalized spacial score (nSPS) is 13.7. The number of fused-ring (bicyclic) bond motifs is 9. The summed E-state index contributed by atoms with van der Waals surface area (Å²) in [5.41, 5.74) is 19.7. The zero-order valence-electron chi connectivity index (χ0n) is 38.3. The predicted molar refractivity (Wildman–Crippen MR) is 294 cm³/mol. The summed E-state index contributed by atoms with van der Waals surface area (Å²) in [4.78, 5) is 2.57. The monoisotopic (exact) mass is 907 g/mol. The lowest BCUT2D eigenvalue weighted by Crippen LogP contribution is -2.29. The van der Waals surface area contributed by atoms with E-state index in [9.17, 15) is 0 Å². The maximum atomic E-state index is 2.57.